The van der Waals surface area contributed by atoms with E-state index in [0.717, 1.165) is 0 Å². The summed E-state index contributed by atoms with van der Waals surface area (Å²) in [6, 6.07) is 0. The van der Waals surface area contributed by atoms with Crippen molar-refractivity contribution in [2.75, 3.05) is 6.61 Å². The quantitative estimate of drug-likeness (QED) is 0.277. The van der Waals surface area contributed by atoms with Crippen molar-refractivity contribution < 1.29 is 29.6 Å². The van der Waals surface area contributed by atoms with E-state index in [2.05, 4.69) is 4.74 Å². The fourth-order valence-electron chi connectivity index (χ4n) is 0.582. The average Bonchev–Trinajstić information content (AvgIpc) is 1.85. The third-order valence-electron chi connectivity index (χ3n) is 1.10. The van der Waals surface area contributed by atoms with Crippen molar-refractivity contribution >= 4 is 11.9 Å². The molecule has 0 saturated carbocycles. The van der Waals surface area contributed by atoms with Crippen LogP contribution in [0.3, 0.4) is 0 Å². The van der Waals surface area contributed by atoms with Gasteiger partial charge in [0.15, 0.2) is 6.29 Å². The van der Waals surface area contributed by atoms with Crippen molar-refractivity contribution in [3.8, 4) is 0 Å². The second kappa shape index (κ2) is 4.68. The summed E-state index contributed by atoms with van der Waals surface area (Å²) in [5.41, 5.74) is 0. The van der Waals surface area contributed by atoms with Gasteiger partial charge in [-0.05, 0) is 6.92 Å². The summed E-state index contributed by atoms with van der Waals surface area (Å²) in [5.74, 6) is -4.70. The smallest absolute Gasteiger partial charge is 0.325 e. The molecule has 1 unspecified atom stereocenters. The van der Waals surface area contributed by atoms with E-state index in [9.17, 15) is 9.59 Å². The van der Waals surface area contributed by atoms with Gasteiger partial charge in [-0.25, -0.2) is 0 Å². The lowest BCUT2D eigenvalue weighted by atomic mass is 10.1. The molecule has 6 heteroatoms. The molecule has 0 heterocycles. The lowest BCUT2D eigenvalue weighted by Crippen LogP contribution is -2.36. The number of carboxylic acid groups (broad SMARTS) is 1. The Hall–Kier alpha value is -1.14. The van der Waals surface area contributed by atoms with Crippen LogP contribution in [0.2, 0.25) is 0 Å². The minimum atomic E-state index is -2.23. The fraction of sp³-hybridized carbons (Fsp3) is 0.667. The van der Waals surface area contributed by atoms with Crippen LogP contribution >= 0.6 is 0 Å². The molecule has 0 saturated heterocycles. The molecule has 0 aliphatic heterocycles. The zero-order chi connectivity index (χ0) is 9.72. The largest absolute Gasteiger partial charge is 0.480 e. The van der Waals surface area contributed by atoms with Gasteiger partial charge in [-0.1, -0.05) is 0 Å². The molecule has 0 spiro atoms. The van der Waals surface area contributed by atoms with Crippen LogP contribution in [0.15, 0.2) is 0 Å². The Morgan fingerprint density at radius 3 is 2.17 bits per heavy atom. The number of rotatable bonds is 4. The minimum Gasteiger partial charge on any atom is -0.480 e. The van der Waals surface area contributed by atoms with Crippen LogP contribution in [0.1, 0.15) is 6.92 Å². The molecule has 0 rings (SSSR count). The van der Waals surface area contributed by atoms with E-state index in [-0.39, 0.29) is 6.61 Å². The Morgan fingerprint density at radius 2 is 1.92 bits per heavy atom. The number of hydrogen-bond donors (Lipinski definition) is 3. The number of esters is 1. The van der Waals surface area contributed by atoms with E-state index >= 15 is 0 Å². The Bertz CT molecular complexity index is 175. The van der Waals surface area contributed by atoms with Gasteiger partial charge >= 0.3 is 11.9 Å². The Balaban J connectivity index is 4.30. The first-order chi connectivity index (χ1) is 5.50. The van der Waals surface area contributed by atoms with E-state index in [0.29, 0.717) is 0 Å². The average molecular weight is 178 g/mol. The number of carboxylic acids is 1. The first kappa shape index (κ1) is 10.9. The molecule has 0 amide bonds. The Labute approximate surface area is 68.4 Å². The van der Waals surface area contributed by atoms with E-state index < -0.39 is 24.1 Å². The lowest BCUT2D eigenvalue weighted by Gasteiger charge is -2.11. The minimum absolute atomic E-state index is 0.00463. The van der Waals surface area contributed by atoms with Crippen LogP contribution in [0.25, 0.3) is 0 Å². The highest BCUT2D eigenvalue weighted by molar-refractivity contribution is 5.94. The highest BCUT2D eigenvalue weighted by Gasteiger charge is 2.33. The molecule has 0 radical (unpaired) electrons. The lowest BCUT2D eigenvalue weighted by molar-refractivity contribution is -0.177. The summed E-state index contributed by atoms with van der Waals surface area (Å²) >= 11 is 0. The SMILES string of the molecule is CCOC(=O)C(C(=O)O)C(O)O. The van der Waals surface area contributed by atoms with Crippen LogP contribution in [0.4, 0.5) is 0 Å². The number of aliphatic hydroxyl groups excluding tert-OH is 1. The number of hydrogen-bond acceptors (Lipinski definition) is 5. The third kappa shape index (κ3) is 2.85. The number of aliphatic hydroxyl groups is 2. The van der Waals surface area contributed by atoms with Crippen molar-refractivity contribution in [3.63, 3.8) is 0 Å². The maximum absolute atomic E-state index is 10.7. The van der Waals surface area contributed by atoms with E-state index in [1.165, 1.54) is 6.92 Å². The van der Waals surface area contributed by atoms with Gasteiger partial charge < -0.3 is 20.1 Å². The molecular formula is C6H10O6. The van der Waals surface area contributed by atoms with Gasteiger partial charge in [-0.15, -0.1) is 0 Å². The molecule has 3 N–H and O–H groups in total. The molecule has 0 aromatic heterocycles. The van der Waals surface area contributed by atoms with Gasteiger partial charge in [0.2, 0.25) is 5.92 Å². The Kier molecular flexibility index (Phi) is 4.24. The molecule has 0 aliphatic rings. The van der Waals surface area contributed by atoms with Gasteiger partial charge in [-0.3, -0.25) is 9.59 Å². The molecule has 12 heavy (non-hydrogen) atoms. The first-order valence-electron chi connectivity index (χ1n) is 3.26. The molecule has 6 nitrogen and oxygen atoms in total. The summed E-state index contributed by atoms with van der Waals surface area (Å²) in [4.78, 5) is 20.9. The van der Waals surface area contributed by atoms with Gasteiger partial charge in [0.25, 0.3) is 0 Å². The molecule has 0 bridgehead atoms. The Morgan fingerprint density at radius 1 is 1.42 bits per heavy atom. The van der Waals surface area contributed by atoms with Crippen molar-refractivity contribution in [3.05, 3.63) is 0 Å². The monoisotopic (exact) mass is 178 g/mol. The maximum atomic E-state index is 10.7. The van der Waals surface area contributed by atoms with Crippen LogP contribution in [-0.2, 0) is 14.3 Å². The number of carbonyl (C=O) groups is 2. The summed E-state index contributed by atoms with van der Waals surface area (Å²) in [7, 11) is 0. The van der Waals surface area contributed by atoms with Crippen molar-refractivity contribution in [1.29, 1.82) is 0 Å². The van der Waals surface area contributed by atoms with Gasteiger partial charge in [0, 0.05) is 0 Å². The van der Waals surface area contributed by atoms with Crippen molar-refractivity contribution in [1.82, 2.24) is 0 Å². The summed E-state index contributed by atoms with van der Waals surface area (Å²) in [5, 5.41) is 25.2. The van der Waals surface area contributed by atoms with Crippen LogP contribution in [0, 0.1) is 5.92 Å². The molecule has 0 aliphatic carbocycles. The summed E-state index contributed by atoms with van der Waals surface area (Å²) in [6.07, 6.45) is -2.23. The first-order valence-corrected chi connectivity index (χ1v) is 3.26. The number of aliphatic carboxylic acids is 1. The molecule has 0 aromatic rings. The predicted octanol–water partition coefficient (Wildman–Crippen LogP) is -1.44. The van der Waals surface area contributed by atoms with Crippen LogP contribution in [0.5, 0.6) is 0 Å². The second-order valence-corrected chi connectivity index (χ2v) is 1.98. The highest BCUT2D eigenvalue weighted by atomic mass is 16.5. The second-order valence-electron chi connectivity index (χ2n) is 1.98. The number of ether oxygens (including phenoxy) is 1. The zero-order valence-electron chi connectivity index (χ0n) is 6.43. The topological polar surface area (TPSA) is 104 Å². The molecule has 0 aromatic carbocycles. The van der Waals surface area contributed by atoms with E-state index in [1.54, 1.807) is 0 Å². The van der Waals surface area contributed by atoms with Gasteiger partial charge in [0.05, 0.1) is 6.61 Å². The van der Waals surface area contributed by atoms with Crippen molar-refractivity contribution in [2.24, 2.45) is 5.92 Å². The third-order valence-corrected chi connectivity index (χ3v) is 1.10. The van der Waals surface area contributed by atoms with Gasteiger partial charge in [-0.2, -0.15) is 0 Å². The molecule has 70 valence electrons. The predicted molar refractivity (Wildman–Crippen MR) is 36.0 cm³/mol. The van der Waals surface area contributed by atoms with E-state index in [4.69, 9.17) is 15.3 Å². The molecule has 1 atom stereocenters. The summed E-state index contributed by atoms with van der Waals surface area (Å²) < 4.78 is 4.29. The zero-order valence-corrected chi connectivity index (χ0v) is 6.43. The maximum Gasteiger partial charge on any atom is 0.325 e. The van der Waals surface area contributed by atoms with Crippen LogP contribution in [-0.4, -0.2) is 40.2 Å². The van der Waals surface area contributed by atoms with Crippen molar-refractivity contribution in [2.45, 2.75) is 13.2 Å². The fourth-order valence-corrected chi connectivity index (χ4v) is 0.582. The normalized spacial score (nSPS) is 12.7. The number of carbonyl (C=O) groups excluding carboxylic acids is 1. The van der Waals surface area contributed by atoms with Gasteiger partial charge in [0.1, 0.15) is 0 Å². The van der Waals surface area contributed by atoms with E-state index in [1.807, 2.05) is 0 Å². The summed E-state index contributed by atoms with van der Waals surface area (Å²) in [6.45, 7) is 1.48. The molecular weight excluding hydrogens is 168 g/mol. The molecule has 0 fully saturated rings. The highest BCUT2D eigenvalue weighted by Crippen LogP contribution is 2.04. The standard InChI is InChI=1S/C6H10O6/c1-2-12-6(11)3(4(7)8)5(9)10/h3-4,7-8H,2H2,1H3,(H,9,10). The van der Waals surface area contributed by atoms with Crippen LogP contribution < -0.4 is 0 Å².